The van der Waals surface area contributed by atoms with Gasteiger partial charge < -0.3 is 18.9 Å². The van der Waals surface area contributed by atoms with Gasteiger partial charge in [0, 0.05) is 18.7 Å². The van der Waals surface area contributed by atoms with Crippen molar-refractivity contribution in [2.75, 3.05) is 7.11 Å². The van der Waals surface area contributed by atoms with Gasteiger partial charge in [-0.15, -0.1) is 0 Å². The molecule has 170 valence electrons. The molecule has 0 radical (unpaired) electrons. The van der Waals surface area contributed by atoms with Crippen molar-refractivity contribution in [1.29, 1.82) is 0 Å². The largest absolute Gasteiger partial charge is 0.497 e. The van der Waals surface area contributed by atoms with Gasteiger partial charge >= 0.3 is 0 Å². The zero-order valence-corrected chi connectivity index (χ0v) is 19.3. The summed E-state index contributed by atoms with van der Waals surface area (Å²) in [6.07, 6.45) is 0. The van der Waals surface area contributed by atoms with Crippen LogP contribution in [0.2, 0.25) is 0 Å². The zero-order chi connectivity index (χ0) is 23.2. The fraction of sp³-hybridized carbons (Fsp3) is 0.259. The molecule has 0 aliphatic heterocycles. The summed E-state index contributed by atoms with van der Waals surface area (Å²) in [5.74, 6) is 2.16. The summed E-state index contributed by atoms with van der Waals surface area (Å²) >= 11 is 0. The molecule has 3 aromatic carbocycles. The third-order valence-electron chi connectivity index (χ3n) is 5.58. The van der Waals surface area contributed by atoms with Gasteiger partial charge in [-0.25, -0.2) is 4.98 Å². The van der Waals surface area contributed by atoms with Crippen molar-refractivity contribution < 1.29 is 14.3 Å². The van der Waals surface area contributed by atoms with Crippen molar-refractivity contribution in [1.82, 2.24) is 14.5 Å². The Morgan fingerprint density at radius 1 is 0.970 bits per heavy atom. The standard InChI is InChI=1S/C27H29N3O3/c1-20(2)29(17-21-10-5-4-6-11-21)27(31)18-30-25-15-8-7-14-24(25)28-26(30)19-33-23-13-9-12-22(16-23)32-3/h4-16,20H,17-19H2,1-3H3. The summed E-state index contributed by atoms with van der Waals surface area (Å²) in [5.41, 5.74) is 2.86. The molecule has 4 rings (SSSR count). The van der Waals surface area contributed by atoms with E-state index in [0.29, 0.717) is 18.1 Å². The van der Waals surface area contributed by atoms with Crippen LogP contribution >= 0.6 is 0 Å². The van der Waals surface area contributed by atoms with Crippen LogP contribution in [0.4, 0.5) is 0 Å². The van der Waals surface area contributed by atoms with E-state index in [0.717, 1.165) is 22.3 Å². The van der Waals surface area contributed by atoms with Crippen molar-refractivity contribution in [2.45, 2.75) is 39.6 Å². The van der Waals surface area contributed by atoms with Crippen LogP contribution < -0.4 is 9.47 Å². The first-order valence-electron chi connectivity index (χ1n) is 11.1. The van der Waals surface area contributed by atoms with E-state index in [9.17, 15) is 4.79 Å². The van der Waals surface area contributed by atoms with E-state index in [-0.39, 0.29) is 25.1 Å². The number of nitrogens with zero attached hydrogens (tertiary/aromatic N) is 3. The first kappa shape index (κ1) is 22.4. The number of ether oxygens (including phenoxy) is 2. The number of aromatic nitrogens is 2. The van der Waals surface area contributed by atoms with Crippen LogP contribution in [0.1, 0.15) is 25.2 Å². The quantitative estimate of drug-likeness (QED) is 0.363. The number of methoxy groups -OCH3 is 1. The SMILES string of the molecule is COc1cccc(OCc2nc3ccccc3n2CC(=O)N(Cc2ccccc2)C(C)C)c1. The van der Waals surface area contributed by atoms with E-state index in [4.69, 9.17) is 14.5 Å². The molecule has 0 saturated carbocycles. The Hall–Kier alpha value is -3.80. The first-order valence-corrected chi connectivity index (χ1v) is 11.1. The van der Waals surface area contributed by atoms with Crippen molar-refractivity contribution in [2.24, 2.45) is 0 Å². The second kappa shape index (κ2) is 10.2. The summed E-state index contributed by atoms with van der Waals surface area (Å²) in [6.45, 7) is 5.09. The normalized spacial score (nSPS) is 11.0. The highest BCUT2D eigenvalue weighted by Crippen LogP contribution is 2.22. The number of hydrogen-bond acceptors (Lipinski definition) is 4. The number of carbonyl (C=O) groups excluding carboxylic acids is 1. The number of carbonyl (C=O) groups is 1. The zero-order valence-electron chi connectivity index (χ0n) is 19.3. The van der Waals surface area contributed by atoms with Gasteiger partial charge in [-0.3, -0.25) is 4.79 Å². The lowest BCUT2D eigenvalue weighted by Gasteiger charge is -2.27. The molecule has 0 aliphatic carbocycles. The van der Waals surface area contributed by atoms with Gasteiger partial charge in [0.25, 0.3) is 0 Å². The maximum absolute atomic E-state index is 13.4. The van der Waals surface area contributed by atoms with Crippen LogP contribution in [0.25, 0.3) is 11.0 Å². The molecule has 6 heteroatoms. The fourth-order valence-corrected chi connectivity index (χ4v) is 3.82. The average Bonchev–Trinajstić information content (AvgIpc) is 3.19. The van der Waals surface area contributed by atoms with Gasteiger partial charge in [0.2, 0.25) is 5.91 Å². The predicted molar refractivity (Wildman–Crippen MR) is 129 cm³/mol. The summed E-state index contributed by atoms with van der Waals surface area (Å²) in [6, 6.07) is 25.4. The van der Waals surface area contributed by atoms with Crippen LogP contribution in [0.5, 0.6) is 11.5 Å². The highest BCUT2D eigenvalue weighted by atomic mass is 16.5. The van der Waals surface area contributed by atoms with Crippen LogP contribution in [-0.4, -0.2) is 33.5 Å². The van der Waals surface area contributed by atoms with Crippen molar-refractivity contribution in [3.63, 3.8) is 0 Å². The fourth-order valence-electron chi connectivity index (χ4n) is 3.82. The van der Waals surface area contributed by atoms with Crippen LogP contribution in [0.15, 0.2) is 78.9 Å². The molecular formula is C27H29N3O3. The van der Waals surface area contributed by atoms with Crippen LogP contribution in [0.3, 0.4) is 0 Å². The maximum Gasteiger partial charge on any atom is 0.243 e. The molecule has 0 N–H and O–H groups in total. The van der Waals surface area contributed by atoms with E-state index < -0.39 is 0 Å². The molecule has 0 bridgehead atoms. The molecule has 0 aliphatic rings. The number of imidazole rings is 1. The third-order valence-corrected chi connectivity index (χ3v) is 5.58. The summed E-state index contributed by atoms with van der Waals surface area (Å²) in [4.78, 5) is 20.1. The summed E-state index contributed by atoms with van der Waals surface area (Å²) < 4.78 is 13.2. The lowest BCUT2D eigenvalue weighted by molar-refractivity contribution is -0.134. The van der Waals surface area contributed by atoms with Gasteiger partial charge in [0.15, 0.2) is 0 Å². The minimum Gasteiger partial charge on any atom is -0.497 e. The Bertz CT molecular complexity index is 1220. The molecule has 0 unspecified atom stereocenters. The van der Waals surface area contributed by atoms with Crippen molar-refractivity contribution in [3.05, 3.63) is 90.3 Å². The molecule has 1 heterocycles. The molecule has 33 heavy (non-hydrogen) atoms. The highest BCUT2D eigenvalue weighted by Gasteiger charge is 2.21. The smallest absolute Gasteiger partial charge is 0.243 e. The Balaban J connectivity index is 1.58. The Morgan fingerprint density at radius 3 is 2.45 bits per heavy atom. The number of fused-ring (bicyclic) bond motifs is 1. The Morgan fingerprint density at radius 2 is 1.70 bits per heavy atom. The maximum atomic E-state index is 13.4. The van der Waals surface area contributed by atoms with E-state index in [1.807, 2.05) is 102 Å². The second-order valence-corrected chi connectivity index (χ2v) is 8.17. The summed E-state index contributed by atoms with van der Waals surface area (Å²) in [7, 11) is 1.63. The molecule has 0 spiro atoms. The molecule has 0 fully saturated rings. The van der Waals surface area contributed by atoms with E-state index in [1.165, 1.54) is 0 Å². The molecule has 0 saturated heterocycles. The number of rotatable bonds is 9. The number of benzene rings is 3. The molecule has 1 aromatic heterocycles. The van der Waals surface area contributed by atoms with E-state index in [1.54, 1.807) is 7.11 Å². The molecule has 6 nitrogen and oxygen atoms in total. The topological polar surface area (TPSA) is 56.6 Å². The second-order valence-electron chi connectivity index (χ2n) is 8.17. The van der Waals surface area contributed by atoms with E-state index >= 15 is 0 Å². The minimum absolute atomic E-state index is 0.0413. The van der Waals surface area contributed by atoms with E-state index in [2.05, 4.69) is 0 Å². The van der Waals surface area contributed by atoms with Gasteiger partial charge in [-0.1, -0.05) is 48.5 Å². The summed E-state index contributed by atoms with van der Waals surface area (Å²) in [5, 5.41) is 0. The number of hydrogen-bond donors (Lipinski definition) is 0. The number of para-hydroxylation sites is 2. The Labute approximate surface area is 194 Å². The highest BCUT2D eigenvalue weighted by molar-refractivity contribution is 5.81. The van der Waals surface area contributed by atoms with Crippen molar-refractivity contribution >= 4 is 16.9 Å². The van der Waals surface area contributed by atoms with Gasteiger partial charge in [-0.05, 0) is 43.7 Å². The predicted octanol–water partition coefficient (Wildman–Crippen LogP) is 5.06. The Kier molecular flexibility index (Phi) is 6.93. The molecule has 4 aromatic rings. The average molecular weight is 444 g/mol. The number of amides is 1. The molecular weight excluding hydrogens is 414 g/mol. The van der Waals surface area contributed by atoms with Crippen LogP contribution in [-0.2, 0) is 24.5 Å². The van der Waals surface area contributed by atoms with Gasteiger partial charge in [0.05, 0.1) is 18.1 Å². The van der Waals surface area contributed by atoms with Crippen LogP contribution in [0, 0.1) is 0 Å². The molecule has 1 amide bonds. The lowest BCUT2D eigenvalue weighted by Crippen LogP contribution is -2.38. The van der Waals surface area contributed by atoms with Gasteiger partial charge in [-0.2, -0.15) is 0 Å². The van der Waals surface area contributed by atoms with Gasteiger partial charge in [0.1, 0.15) is 30.5 Å². The molecule has 0 atom stereocenters. The third kappa shape index (κ3) is 5.34. The lowest BCUT2D eigenvalue weighted by atomic mass is 10.2. The monoisotopic (exact) mass is 443 g/mol. The first-order chi connectivity index (χ1) is 16.0. The van der Waals surface area contributed by atoms with Crippen molar-refractivity contribution in [3.8, 4) is 11.5 Å². The minimum atomic E-state index is 0.0413.